The average Bonchev–Trinajstić information content (AvgIpc) is 3.89. The zero-order chi connectivity index (χ0) is 36.6. The van der Waals surface area contributed by atoms with Crippen LogP contribution in [0.3, 0.4) is 0 Å². The lowest BCUT2D eigenvalue weighted by Gasteiger charge is -2.18. The van der Waals surface area contributed by atoms with Crippen LogP contribution in [0.4, 0.5) is 0 Å². The molecule has 0 atom stereocenters. The smallest absolute Gasteiger partial charge is 0.101 e. The van der Waals surface area contributed by atoms with Crippen LogP contribution in [0.5, 0.6) is 0 Å². The molecule has 0 aliphatic rings. The maximum absolute atomic E-state index is 10.9. The van der Waals surface area contributed by atoms with Crippen LogP contribution < -0.4 is 0 Å². The fourth-order valence-corrected chi connectivity index (χ4v) is 8.85. The summed E-state index contributed by atoms with van der Waals surface area (Å²) in [6.45, 7) is 0. The van der Waals surface area contributed by atoms with E-state index in [2.05, 4.69) is 177 Å². The van der Waals surface area contributed by atoms with Gasteiger partial charge in [0, 0.05) is 38.0 Å². The van der Waals surface area contributed by atoms with E-state index in [0.29, 0.717) is 11.1 Å². The van der Waals surface area contributed by atoms with Gasteiger partial charge in [0.05, 0.1) is 61.7 Å². The van der Waals surface area contributed by atoms with Crippen molar-refractivity contribution in [2.75, 3.05) is 0 Å². The molecule has 11 aromatic rings. The highest BCUT2D eigenvalue weighted by Gasteiger charge is 2.24. The van der Waals surface area contributed by atoms with Crippen LogP contribution in [0.15, 0.2) is 176 Å². The van der Waals surface area contributed by atoms with Crippen LogP contribution in [-0.4, -0.2) is 13.7 Å². The van der Waals surface area contributed by atoms with Crippen LogP contribution in [0.2, 0.25) is 0 Å². The third-order valence-corrected chi connectivity index (χ3v) is 11.1. The molecular formula is C50H29N5. The van der Waals surface area contributed by atoms with Gasteiger partial charge in [0.15, 0.2) is 0 Å². The monoisotopic (exact) mass is 699 g/mol. The number of nitrogens with zero attached hydrogens (tertiary/aromatic N) is 5. The number of nitriles is 2. The molecule has 0 amide bonds. The van der Waals surface area contributed by atoms with Crippen molar-refractivity contribution in [3.8, 4) is 40.3 Å². The van der Waals surface area contributed by atoms with Crippen molar-refractivity contribution in [3.63, 3.8) is 0 Å². The van der Waals surface area contributed by atoms with Gasteiger partial charge in [0.1, 0.15) is 6.07 Å². The number of hydrogen-bond donors (Lipinski definition) is 0. The summed E-state index contributed by atoms with van der Waals surface area (Å²) in [5, 5.41) is 27.9. The first kappa shape index (κ1) is 30.7. The Kier molecular flexibility index (Phi) is 6.61. The van der Waals surface area contributed by atoms with E-state index in [-0.39, 0.29) is 0 Å². The van der Waals surface area contributed by atoms with Crippen molar-refractivity contribution in [1.82, 2.24) is 13.7 Å². The number of hydrogen-bond acceptors (Lipinski definition) is 2. The van der Waals surface area contributed by atoms with Crippen molar-refractivity contribution in [1.29, 1.82) is 10.5 Å². The predicted molar refractivity (Wildman–Crippen MR) is 224 cm³/mol. The number of benzene rings is 8. The highest BCUT2D eigenvalue weighted by molar-refractivity contribution is 6.18. The molecule has 0 fully saturated rings. The molecule has 0 N–H and O–H groups in total. The number of rotatable bonds is 4. The van der Waals surface area contributed by atoms with E-state index in [1.54, 1.807) is 6.07 Å². The molecule has 254 valence electrons. The Balaban J connectivity index is 1.24. The Labute approximate surface area is 316 Å². The van der Waals surface area contributed by atoms with Gasteiger partial charge in [-0.05, 0) is 71.8 Å². The van der Waals surface area contributed by atoms with Crippen LogP contribution in [0.1, 0.15) is 11.1 Å². The van der Waals surface area contributed by atoms with Gasteiger partial charge >= 0.3 is 0 Å². The van der Waals surface area contributed by atoms with E-state index >= 15 is 0 Å². The van der Waals surface area contributed by atoms with Crippen molar-refractivity contribution in [2.45, 2.75) is 0 Å². The van der Waals surface area contributed by atoms with E-state index in [9.17, 15) is 10.5 Å². The largest absolute Gasteiger partial charge is 0.309 e. The predicted octanol–water partition coefficient (Wildman–Crippen LogP) is 12.4. The second kappa shape index (κ2) is 11.8. The first-order valence-corrected chi connectivity index (χ1v) is 18.3. The maximum Gasteiger partial charge on any atom is 0.101 e. The lowest BCUT2D eigenvalue weighted by molar-refractivity contribution is 1.08. The summed E-state index contributed by atoms with van der Waals surface area (Å²) < 4.78 is 6.79. The molecule has 8 aromatic carbocycles. The van der Waals surface area contributed by atoms with Gasteiger partial charge in [-0.25, -0.2) is 0 Å². The third-order valence-electron chi connectivity index (χ3n) is 11.1. The third kappa shape index (κ3) is 4.39. The van der Waals surface area contributed by atoms with E-state index in [4.69, 9.17) is 0 Å². The molecule has 0 radical (unpaired) electrons. The Morgan fingerprint density at radius 3 is 1.56 bits per heavy atom. The first-order chi connectivity index (χ1) is 27.2. The Hall–Kier alpha value is -7.86. The summed E-state index contributed by atoms with van der Waals surface area (Å²) in [4.78, 5) is 0. The lowest BCUT2D eigenvalue weighted by Crippen LogP contribution is -2.07. The number of para-hydroxylation sites is 5. The van der Waals surface area contributed by atoms with E-state index < -0.39 is 0 Å². The van der Waals surface area contributed by atoms with Gasteiger partial charge < -0.3 is 13.7 Å². The van der Waals surface area contributed by atoms with Crippen LogP contribution in [0.25, 0.3) is 93.6 Å². The molecule has 5 heteroatoms. The fraction of sp³-hybridized carbons (Fsp3) is 0. The standard InChI is InChI=1S/C50H29N5/c51-30-32-27-34(31-52)50(48(28-32)54-43-21-9-5-15-37(43)38-16-6-10-22-44(38)54)55-45-23-11-7-18-41(45)49-36(19-12-24-46(49)55)33-25-26-40-39-17-4-8-20-42(39)53(47(40)29-33)35-13-2-1-3-14-35/h1-29H. The van der Waals surface area contributed by atoms with E-state index in [1.807, 2.05) is 18.2 Å². The van der Waals surface area contributed by atoms with Gasteiger partial charge in [-0.2, -0.15) is 10.5 Å². The number of fused-ring (bicyclic) bond motifs is 9. The second-order valence-electron chi connectivity index (χ2n) is 14.0. The summed E-state index contributed by atoms with van der Waals surface area (Å²) in [5.74, 6) is 0. The van der Waals surface area contributed by atoms with E-state index in [1.165, 1.54) is 10.8 Å². The molecular weight excluding hydrogens is 671 g/mol. The van der Waals surface area contributed by atoms with Crippen LogP contribution >= 0.6 is 0 Å². The topological polar surface area (TPSA) is 62.4 Å². The SMILES string of the molecule is N#Cc1cc(C#N)c(-n2c3ccccc3c3c(-c4ccc5c6ccccc6n(-c6ccccc6)c5c4)cccc32)c(-n2c3ccccc3c3ccccc32)c1. The number of aromatic nitrogens is 3. The average molecular weight is 700 g/mol. The molecule has 5 nitrogen and oxygen atoms in total. The molecule has 0 spiro atoms. The maximum atomic E-state index is 10.9. The molecule has 3 heterocycles. The van der Waals surface area contributed by atoms with Crippen molar-refractivity contribution < 1.29 is 0 Å². The Bertz CT molecular complexity index is 3400. The molecule has 0 bridgehead atoms. The minimum absolute atomic E-state index is 0.428. The van der Waals surface area contributed by atoms with Gasteiger partial charge in [0.25, 0.3) is 0 Å². The van der Waals surface area contributed by atoms with Gasteiger partial charge in [0.2, 0.25) is 0 Å². The molecule has 0 aliphatic heterocycles. The van der Waals surface area contributed by atoms with Crippen molar-refractivity contribution in [2.24, 2.45) is 0 Å². The Morgan fingerprint density at radius 1 is 0.382 bits per heavy atom. The summed E-state index contributed by atoms with van der Waals surface area (Å²) in [5.41, 5.74) is 12.0. The highest BCUT2D eigenvalue weighted by atomic mass is 15.1. The zero-order valence-electron chi connectivity index (χ0n) is 29.5. The summed E-state index contributed by atoms with van der Waals surface area (Å²) in [6.07, 6.45) is 0. The minimum atomic E-state index is 0.428. The summed E-state index contributed by atoms with van der Waals surface area (Å²) >= 11 is 0. The first-order valence-electron chi connectivity index (χ1n) is 18.3. The van der Waals surface area contributed by atoms with Gasteiger partial charge in [-0.1, -0.05) is 115 Å². The normalized spacial score (nSPS) is 11.6. The quantitative estimate of drug-likeness (QED) is 0.184. The Morgan fingerprint density at radius 2 is 0.927 bits per heavy atom. The van der Waals surface area contributed by atoms with E-state index in [0.717, 1.165) is 82.8 Å². The lowest BCUT2D eigenvalue weighted by atomic mass is 9.98. The molecule has 55 heavy (non-hydrogen) atoms. The molecule has 0 saturated heterocycles. The summed E-state index contributed by atoms with van der Waals surface area (Å²) in [7, 11) is 0. The molecule has 0 unspecified atom stereocenters. The van der Waals surface area contributed by atoms with Gasteiger partial charge in [-0.3, -0.25) is 0 Å². The van der Waals surface area contributed by atoms with Gasteiger partial charge in [-0.15, -0.1) is 0 Å². The zero-order valence-corrected chi connectivity index (χ0v) is 29.5. The molecule has 0 aliphatic carbocycles. The second-order valence-corrected chi connectivity index (χ2v) is 14.0. The molecule has 3 aromatic heterocycles. The van der Waals surface area contributed by atoms with Crippen LogP contribution in [0, 0.1) is 22.7 Å². The highest BCUT2D eigenvalue weighted by Crippen LogP contribution is 2.43. The fourth-order valence-electron chi connectivity index (χ4n) is 8.85. The minimum Gasteiger partial charge on any atom is -0.309 e. The summed E-state index contributed by atoms with van der Waals surface area (Å²) in [6, 6.07) is 66.0. The molecule has 11 rings (SSSR count). The molecule has 0 saturated carbocycles. The van der Waals surface area contributed by atoms with Crippen LogP contribution in [-0.2, 0) is 0 Å². The van der Waals surface area contributed by atoms with Crippen molar-refractivity contribution in [3.05, 3.63) is 187 Å². The van der Waals surface area contributed by atoms with Crippen molar-refractivity contribution >= 4 is 65.4 Å².